The molecule has 1 aromatic heterocycles. The van der Waals surface area contributed by atoms with E-state index in [-0.39, 0.29) is 11.7 Å². The van der Waals surface area contributed by atoms with E-state index in [1.165, 1.54) is 11.3 Å². The van der Waals surface area contributed by atoms with E-state index in [1.807, 2.05) is 0 Å². The zero-order valence-corrected chi connectivity index (χ0v) is 10.7. The van der Waals surface area contributed by atoms with Gasteiger partial charge in [0.1, 0.15) is 16.6 Å². The summed E-state index contributed by atoms with van der Waals surface area (Å²) in [5, 5.41) is 14.1. The number of nitrogens with zero attached hydrogens (tertiary/aromatic N) is 1. The van der Waals surface area contributed by atoms with Gasteiger partial charge in [-0.05, 0) is 13.0 Å². The molecular formula is C12H10F2N2O2S. The summed E-state index contributed by atoms with van der Waals surface area (Å²) in [5.41, 5.74) is -0.642. The first-order chi connectivity index (χ1) is 8.99. The Kier molecular flexibility index (Phi) is 3.75. The third-order valence-corrected chi connectivity index (χ3v) is 3.44. The Morgan fingerprint density at radius 1 is 1.42 bits per heavy atom. The molecule has 0 spiro atoms. The Bertz CT molecular complexity index is 602. The van der Waals surface area contributed by atoms with Crippen LogP contribution in [0, 0.1) is 11.6 Å². The smallest absolute Gasteiger partial charge is 0.338 e. The van der Waals surface area contributed by atoms with Gasteiger partial charge in [0, 0.05) is 17.6 Å². The van der Waals surface area contributed by atoms with Crippen molar-refractivity contribution in [2.75, 3.05) is 5.32 Å². The number of anilines is 1. The van der Waals surface area contributed by atoms with Crippen molar-refractivity contribution in [1.29, 1.82) is 0 Å². The molecule has 1 heterocycles. The number of halogens is 2. The van der Waals surface area contributed by atoms with E-state index >= 15 is 0 Å². The highest BCUT2D eigenvalue weighted by atomic mass is 32.1. The van der Waals surface area contributed by atoms with Crippen LogP contribution in [0.1, 0.15) is 28.3 Å². The zero-order chi connectivity index (χ0) is 14.0. The zero-order valence-electron chi connectivity index (χ0n) is 9.85. The predicted molar refractivity (Wildman–Crippen MR) is 67.5 cm³/mol. The maximum Gasteiger partial charge on any atom is 0.338 e. The second kappa shape index (κ2) is 5.31. The number of aromatic nitrogens is 1. The molecule has 0 aliphatic carbocycles. The lowest BCUT2D eigenvalue weighted by molar-refractivity contribution is 0.0692. The molecule has 0 aliphatic rings. The van der Waals surface area contributed by atoms with E-state index in [0.717, 1.165) is 11.1 Å². The van der Waals surface area contributed by atoms with E-state index in [2.05, 4.69) is 10.3 Å². The number of rotatable bonds is 4. The van der Waals surface area contributed by atoms with Crippen LogP contribution in [0.15, 0.2) is 23.7 Å². The molecule has 1 unspecified atom stereocenters. The van der Waals surface area contributed by atoms with Gasteiger partial charge < -0.3 is 10.4 Å². The summed E-state index contributed by atoms with van der Waals surface area (Å²) in [4.78, 5) is 14.9. The molecule has 4 nitrogen and oxygen atoms in total. The van der Waals surface area contributed by atoms with Gasteiger partial charge in [-0.25, -0.2) is 18.6 Å². The molecule has 2 aromatic rings. The number of hydrogen-bond donors (Lipinski definition) is 2. The van der Waals surface area contributed by atoms with Crippen molar-refractivity contribution in [2.45, 2.75) is 13.0 Å². The molecule has 2 N–H and O–H groups in total. The number of carboxylic acids is 1. The molecule has 0 saturated heterocycles. The molecule has 0 bridgehead atoms. The highest BCUT2D eigenvalue weighted by molar-refractivity contribution is 7.09. The number of aromatic carboxylic acids is 1. The summed E-state index contributed by atoms with van der Waals surface area (Å²) < 4.78 is 26.8. The number of carbonyl (C=O) groups is 1. The second-order valence-electron chi connectivity index (χ2n) is 3.85. The maximum absolute atomic E-state index is 13.6. The van der Waals surface area contributed by atoms with Crippen molar-refractivity contribution < 1.29 is 18.7 Å². The summed E-state index contributed by atoms with van der Waals surface area (Å²) in [6.07, 6.45) is 1.61. The van der Waals surface area contributed by atoms with E-state index in [1.54, 1.807) is 18.5 Å². The van der Waals surface area contributed by atoms with Gasteiger partial charge in [0.2, 0.25) is 0 Å². The number of thiazole rings is 1. The van der Waals surface area contributed by atoms with Gasteiger partial charge in [-0.1, -0.05) is 0 Å². The molecule has 0 radical (unpaired) electrons. The average molecular weight is 284 g/mol. The minimum Gasteiger partial charge on any atom is -0.478 e. The Morgan fingerprint density at radius 2 is 2.16 bits per heavy atom. The Hall–Kier alpha value is -2.02. The molecule has 0 amide bonds. The number of nitrogens with one attached hydrogen (secondary N) is 1. The van der Waals surface area contributed by atoms with Gasteiger partial charge in [-0.3, -0.25) is 0 Å². The van der Waals surface area contributed by atoms with E-state index in [0.29, 0.717) is 6.07 Å². The first-order valence-corrected chi connectivity index (χ1v) is 6.25. The lowest BCUT2D eigenvalue weighted by atomic mass is 10.1. The first kappa shape index (κ1) is 13.4. The van der Waals surface area contributed by atoms with Crippen LogP contribution in [-0.2, 0) is 0 Å². The highest BCUT2D eigenvalue weighted by Crippen LogP contribution is 2.25. The van der Waals surface area contributed by atoms with Crippen molar-refractivity contribution in [2.24, 2.45) is 0 Å². The van der Waals surface area contributed by atoms with Crippen molar-refractivity contribution in [3.05, 3.63) is 45.9 Å². The van der Waals surface area contributed by atoms with Crippen molar-refractivity contribution in [3.8, 4) is 0 Å². The molecule has 100 valence electrons. The second-order valence-corrected chi connectivity index (χ2v) is 4.78. The number of benzene rings is 1. The quantitative estimate of drug-likeness (QED) is 0.904. The van der Waals surface area contributed by atoms with E-state index in [4.69, 9.17) is 5.11 Å². The van der Waals surface area contributed by atoms with Crippen molar-refractivity contribution in [3.63, 3.8) is 0 Å². The van der Waals surface area contributed by atoms with Crippen LogP contribution in [0.25, 0.3) is 0 Å². The van der Waals surface area contributed by atoms with Gasteiger partial charge in [-0.15, -0.1) is 11.3 Å². The third-order valence-electron chi connectivity index (χ3n) is 2.48. The van der Waals surface area contributed by atoms with Crippen LogP contribution in [0.2, 0.25) is 0 Å². The number of hydrogen-bond acceptors (Lipinski definition) is 4. The fraction of sp³-hybridized carbons (Fsp3) is 0.167. The fourth-order valence-electron chi connectivity index (χ4n) is 1.57. The SMILES string of the molecule is CC(Nc1cc(C(=O)O)c(F)cc1F)c1nccs1. The molecule has 2 rings (SSSR count). The Balaban J connectivity index is 2.30. The van der Waals surface area contributed by atoms with Crippen molar-refractivity contribution in [1.82, 2.24) is 4.98 Å². The minimum absolute atomic E-state index is 0.0681. The van der Waals surface area contributed by atoms with Crippen LogP contribution in [0.4, 0.5) is 14.5 Å². The Morgan fingerprint density at radius 3 is 2.74 bits per heavy atom. The van der Waals surface area contributed by atoms with Crippen LogP contribution < -0.4 is 5.32 Å². The van der Waals surface area contributed by atoms with Crippen LogP contribution >= 0.6 is 11.3 Å². The highest BCUT2D eigenvalue weighted by Gasteiger charge is 2.17. The fourth-order valence-corrected chi connectivity index (χ4v) is 2.21. The summed E-state index contributed by atoms with van der Waals surface area (Å²) in [7, 11) is 0. The van der Waals surface area contributed by atoms with Crippen LogP contribution in [-0.4, -0.2) is 16.1 Å². The molecule has 7 heteroatoms. The van der Waals surface area contributed by atoms with Gasteiger partial charge in [0.25, 0.3) is 0 Å². The summed E-state index contributed by atoms with van der Waals surface area (Å²) in [6.45, 7) is 1.75. The Labute approximate surface area is 111 Å². The molecular weight excluding hydrogens is 274 g/mol. The lowest BCUT2D eigenvalue weighted by Crippen LogP contribution is -2.10. The maximum atomic E-state index is 13.6. The van der Waals surface area contributed by atoms with Gasteiger partial charge in [0.15, 0.2) is 0 Å². The van der Waals surface area contributed by atoms with Crippen molar-refractivity contribution >= 4 is 23.0 Å². The lowest BCUT2D eigenvalue weighted by Gasteiger charge is -2.14. The standard InChI is InChI=1S/C12H10F2N2O2S/c1-6(11-15-2-3-19-11)16-10-4-7(12(17)18)8(13)5-9(10)14/h2-6,16H,1H3,(H,17,18). The molecule has 0 saturated carbocycles. The summed E-state index contributed by atoms with van der Waals surface area (Å²) >= 11 is 1.38. The topological polar surface area (TPSA) is 62.2 Å². The molecule has 0 aliphatic heterocycles. The normalized spacial score (nSPS) is 12.2. The van der Waals surface area contributed by atoms with E-state index < -0.39 is 23.2 Å². The first-order valence-electron chi connectivity index (χ1n) is 5.37. The molecule has 19 heavy (non-hydrogen) atoms. The largest absolute Gasteiger partial charge is 0.478 e. The van der Waals surface area contributed by atoms with Gasteiger partial charge in [-0.2, -0.15) is 0 Å². The minimum atomic E-state index is -1.44. The summed E-state index contributed by atoms with van der Waals surface area (Å²) in [6, 6.07) is 1.19. The molecule has 1 aromatic carbocycles. The monoisotopic (exact) mass is 284 g/mol. The van der Waals surface area contributed by atoms with Crippen LogP contribution in [0.5, 0.6) is 0 Å². The predicted octanol–water partition coefficient (Wildman–Crippen LogP) is 3.29. The average Bonchev–Trinajstić information content (AvgIpc) is 2.85. The van der Waals surface area contributed by atoms with Gasteiger partial charge in [0.05, 0.1) is 17.3 Å². The van der Waals surface area contributed by atoms with Crippen LogP contribution in [0.3, 0.4) is 0 Å². The summed E-state index contributed by atoms with van der Waals surface area (Å²) in [5.74, 6) is -3.38. The number of carboxylic acid groups (broad SMARTS) is 1. The van der Waals surface area contributed by atoms with E-state index in [9.17, 15) is 13.6 Å². The third kappa shape index (κ3) is 2.87. The molecule has 0 fully saturated rings. The molecule has 1 atom stereocenters. The van der Waals surface area contributed by atoms with Gasteiger partial charge >= 0.3 is 5.97 Å².